The lowest BCUT2D eigenvalue weighted by Gasteiger charge is -2.04. The van der Waals surface area contributed by atoms with E-state index in [4.69, 9.17) is 5.11 Å². The third-order valence-electron chi connectivity index (χ3n) is 2.52. The molecule has 6 heteroatoms. The molecule has 2 heterocycles. The summed E-state index contributed by atoms with van der Waals surface area (Å²) < 4.78 is 4.37. The Hall–Kier alpha value is -1.56. The van der Waals surface area contributed by atoms with Gasteiger partial charge in [0, 0.05) is 13.2 Å². The molecular formula is C11H12BrN3O2. The van der Waals surface area contributed by atoms with E-state index in [-0.39, 0.29) is 5.56 Å². The molecule has 17 heavy (non-hydrogen) atoms. The van der Waals surface area contributed by atoms with Crippen LogP contribution in [-0.2, 0) is 13.6 Å². The third-order valence-corrected chi connectivity index (χ3v) is 3.21. The summed E-state index contributed by atoms with van der Waals surface area (Å²) in [6.45, 7) is 2.52. The van der Waals surface area contributed by atoms with E-state index in [2.05, 4.69) is 21.0 Å². The van der Waals surface area contributed by atoms with Crippen molar-refractivity contribution in [2.75, 3.05) is 0 Å². The zero-order valence-corrected chi connectivity index (χ0v) is 11.1. The molecule has 5 nitrogen and oxygen atoms in total. The lowest BCUT2D eigenvalue weighted by molar-refractivity contribution is 0.0697. The van der Waals surface area contributed by atoms with Crippen LogP contribution in [0, 0.1) is 6.92 Å². The van der Waals surface area contributed by atoms with Gasteiger partial charge < -0.3 is 9.67 Å². The van der Waals surface area contributed by atoms with Crippen LogP contribution >= 0.6 is 15.9 Å². The Morgan fingerprint density at radius 2 is 2.24 bits per heavy atom. The summed E-state index contributed by atoms with van der Waals surface area (Å²) in [7, 11) is 1.87. The summed E-state index contributed by atoms with van der Waals surface area (Å²) >= 11 is 3.34. The van der Waals surface area contributed by atoms with Gasteiger partial charge in [-0.2, -0.15) is 5.10 Å². The van der Waals surface area contributed by atoms with Crippen molar-refractivity contribution < 1.29 is 9.90 Å². The zero-order chi connectivity index (χ0) is 12.6. The van der Waals surface area contributed by atoms with E-state index >= 15 is 0 Å². The average Bonchev–Trinajstić information content (AvgIpc) is 2.73. The standard InChI is InChI=1S/C11H12BrN3O2/c1-7-3-9(14(2)13-7)6-15-5-8(11(16)17)4-10(15)12/h3-5H,6H2,1-2H3,(H,16,17). The van der Waals surface area contributed by atoms with Gasteiger partial charge in [-0.1, -0.05) is 0 Å². The molecule has 90 valence electrons. The lowest BCUT2D eigenvalue weighted by atomic mass is 10.3. The Labute approximate surface area is 107 Å². The topological polar surface area (TPSA) is 60.1 Å². The van der Waals surface area contributed by atoms with Gasteiger partial charge in [-0.25, -0.2) is 4.79 Å². The van der Waals surface area contributed by atoms with Gasteiger partial charge in [0.25, 0.3) is 0 Å². The summed E-state index contributed by atoms with van der Waals surface area (Å²) in [6.07, 6.45) is 1.61. The van der Waals surface area contributed by atoms with Crippen molar-refractivity contribution in [2.24, 2.45) is 7.05 Å². The smallest absolute Gasteiger partial charge is 0.337 e. The van der Waals surface area contributed by atoms with Crippen molar-refractivity contribution in [3.05, 3.63) is 39.9 Å². The number of halogens is 1. The van der Waals surface area contributed by atoms with E-state index in [1.54, 1.807) is 16.9 Å². The Kier molecular flexibility index (Phi) is 3.06. The minimum absolute atomic E-state index is 0.274. The predicted molar refractivity (Wildman–Crippen MR) is 66.1 cm³/mol. The molecule has 0 aliphatic carbocycles. The van der Waals surface area contributed by atoms with Gasteiger partial charge in [-0.05, 0) is 35.0 Å². The minimum atomic E-state index is -0.925. The number of carbonyl (C=O) groups is 1. The second-order valence-electron chi connectivity index (χ2n) is 3.89. The molecule has 0 aliphatic heterocycles. The quantitative estimate of drug-likeness (QED) is 0.943. The second-order valence-corrected chi connectivity index (χ2v) is 4.70. The average molecular weight is 298 g/mol. The molecule has 0 bridgehead atoms. The molecule has 0 fully saturated rings. The first-order valence-corrected chi connectivity index (χ1v) is 5.85. The fourth-order valence-corrected chi connectivity index (χ4v) is 2.18. The number of nitrogens with zero attached hydrogens (tertiary/aromatic N) is 3. The van der Waals surface area contributed by atoms with E-state index in [9.17, 15) is 4.79 Å². The van der Waals surface area contributed by atoms with E-state index in [1.165, 1.54) is 0 Å². The highest BCUT2D eigenvalue weighted by atomic mass is 79.9. The molecule has 2 aromatic rings. The molecule has 0 saturated heterocycles. The largest absolute Gasteiger partial charge is 0.478 e. The molecule has 1 N–H and O–H groups in total. The van der Waals surface area contributed by atoms with Crippen molar-refractivity contribution in [1.29, 1.82) is 0 Å². The molecule has 0 radical (unpaired) electrons. The Morgan fingerprint density at radius 3 is 2.71 bits per heavy atom. The second kappa shape index (κ2) is 4.37. The van der Waals surface area contributed by atoms with E-state index < -0.39 is 5.97 Å². The maximum Gasteiger partial charge on any atom is 0.337 e. The molecular weight excluding hydrogens is 286 g/mol. The summed E-state index contributed by atoms with van der Waals surface area (Å²) in [5.41, 5.74) is 2.25. The molecule has 2 rings (SSSR count). The van der Waals surface area contributed by atoms with E-state index in [1.807, 2.05) is 24.6 Å². The summed E-state index contributed by atoms with van der Waals surface area (Å²) in [5, 5.41) is 13.1. The van der Waals surface area contributed by atoms with Crippen molar-refractivity contribution in [3.63, 3.8) is 0 Å². The first-order chi connectivity index (χ1) is 7.97. The van der Waals surface area contributed by atoms with E-state index in [0.29, 0.717) is 6.54 Å². The van der Waals surface area contributed by atoms with Crippen molar-refractivity contribution >= 4 is 21.9 Å². The fraction of sp³-hybridized carbons (Fsp3) is 0.273. The predicted octanol–water partition coefficient (Wildman–Crippen LogP) is 2.04. The van der Waals surface area contributed by atoms with Crippen LogP contribution in [0.25, 0.3) is 0 Å². The molecule has 0 unspecified atom stereocenters. The number of carboxylic acid groups (broad SMARTS) is 1. The Balaban J connectivity index is 2.30. The number of aromatic carboxylic acids is 1. The molecule has 0 saturated carbocycles. The van der Waals surface area contributed by atoms with Gasteiger partial charge in [-0.3, -0.25) is 4.68 Å². The lowest BCUT2D eigenvalue weighted by Crippen LogP contribution is -2.05. The number of hydrogen-bond donors (Lipinski definition) is 1. The normalized spacial score (nSPS) is 10.8. The summed E-state index contributed by atoms with van der Waals surface area (Å²) in [5.74, 6) is -0.925. The summed E-state index contributed by atoms with van der Waals surface area (Å²) in [4.78, 5) is 10.8. The maximum absolute atomic E-state index is 10.8. The number of aromatic nitrogens is 3. The van der Waals surface area contributed by atoms with Crippen LogP contribution in [-0.4, -0.2) is 25.4 Å². The highest BCUT2D eigenvalue weighted by molar-refractivity contribution is 9.10. The minimum Gasteiger partial charge on any atom is -0.478 e. The van der Waals surface area contributed by atoms with Crippen LogP contribution in [0.3, 0.4) is 0 Å². The van der Waals surface area contributed by atoms with Crippen LogP contribution in [0.5, 0.6) is 0 Å². The van der Waals surface area contributed by atoms with E-state index in [0.717, 1.165) is 16.0 Å². The molecule has 0 aromatic carbocycles. The first-order valence-electron chi connectivity index (χ1n) is 5.06. The molecule has 0 amide bonds. The number of hydrogen-bond acceptors (Lipinski definition) is 2. The Bertz CT molecular complexity index is 571. The monoisotopic (exact) mass is 297 g/mol. The van der Waals surface area contributed by atoms with Crippen molar-refractivity contribution in [3.8, 4) is 0 Å². The van der Waals surface area contributed by atoms with Gasteiger partial charge >= 0.3 is 5.97 Å². The number of aryl methyl sites for hydroxylation is 2. The third kappa shape index (κ3) is 2.41. The van der Waals surface area contributed by atoms with Crippen molar-refractivity contribution in [2.45, 2.75) is 13.5 Å². The molecule has 2 aromatic heterocycles. The highest BCUT2D eigenvalue weighted by Crippen LogP contribution is 2.17. The van der Waals surface area contributed by atoms with Crippen LogP contribution in [0.15, 0.2) is 22.9 Å². The van der Waals surface area contributed by atoms with Gasteiger partial charge in [0.15, 0.2) is 0 Å². The summed E-state index contributed by atoms with van der Waals surface area (Å²) in [6, 6.07) is 3.57. The highest BCUT2D eigenvalue weighted by Gasteiger charge is 2.11. The van der Waals surface area contributed by atoms with Crippen LogP contribution in [0.1, 0.15) is 21.7 Å². The van der Waals surface area contributed by atoms with Gasteiger partial charge in [0.2, 0.25) is 0 Å². The van der Waals surface area contributed by atoms with Crippen LogP contribution < -0.4 is 0 Å². The fourth-order valence-electron chi connectivity index (χ4n) is 1.70. The molecule has 0 spiro atoms. The number of carboxylic acids is 1. The van der Waals surface area contributed by atoms with Crippen LogP contribution in [0.4, 0.5) is 0 Å². The van der Waals surface area contributed by atoms with Gasteiger partial charge in [0.05, 0.1) is 28.1 Å². The van der Waals surface area contributed by atoms with Gasteiger partial charge in [-0.15, -0.1) is 0 Å². The van der Waals surface area contributed by atoms with Gasteiger partial charge in [0.1, 0.15) is 0 Å². The van der Waals surface area contributed by atoms with Crippen LogP contribution in [0.2, 0.25) is 0 Å². The SMILES string of the molecule is Cc1cc(Cn2cc(C(=O)O)cc2Br)n(C)n1. The zero-order valence-electron chi connectivity index (χ0n) is 9.51. The Morgan fingerprint density at radius 1 is 1.53 bits per heavy atom. The maximum atomic E-state index is 10.8. The number of rotatable bonds is 3. The molecule has 0 aliphatic rings. The molecule has 0 atom stereocenters. The van der Waals surface area contributed by atoms with Crippen molar-refractivity contribution in [1.82, 2.24) is 14.3 Å². The first kappa shape index (κ1) is 11.9.